The molecule has 0 nitrogen and oxygen atoms in total. The largest absolute Gasteiger partial charge is 0.145 e. The van der Waals surface area contributed by atoms with Crippen LogP contribution in [0, 0.1) is 0 Å². The molecule has 1 heterocycles. The first-order chi connectivity index (χ1) is 9.38. The first kappa shape index (κ1) is 12.9. The fraction of sp³-hybridized carbons (Fsp3) is 0.176. The van der Waals surface area contributed by atoms with E-state index in [9.17, 15) is 0 Å². The lowest BCUT2D eigenvalue weighted by molar-refractivity contribution is 1.23. The lowest BCUT2D eigenvalue weighted by Gasteiger charge is -2.11. The van der Waals surface area contributed by atoms with Crippen molar-refractivity contribution < 1.29 is 0 Å². The van der Waals surface area contributed by atoms with Crippen LogP contribution in [0.15, 0.2) is 60.7 Å². The SMILES string of the molecule is CSC1=CC(c2ccccc2)SCc2ccccc21. The van der Waals surface area contributed by atoms with E-state index in [2.05, 4.69) is 66.9 Å². The smallest absolute Gasteiger partial charge is 0.0494 e. The molecular weight excluding hydrogens is 268 g/mol. The van der Waals surface area contributed by atoms with E-state index >= 15 is 0 Å². The maximum absolute atomic E-state index is 2.41. The van der Waals surface area contributed by atoms with Gasteiger partial charge in [0.15, 0.2) is 0 Å². The molecule has 0 saturated heterocycles. The summed E-state index contributed by atoms with van der Waals surface area (Å²) in [6.07, 6.45) is 4.58. The zero-order valence-electron chi connectivity index (χ0n) is 10.9. The molecule has 1 aliphatic heterocycles. The van der Waals surface area contributed by atoms with Gasteiger partial charge in [-0.3, -0.25) is 0 Å². The van der Waals surface area contributed by atoms with Crippen molar-refractivity contribution in [3.8, 4) is 0 Å². The minimum atomic E-state index is 0.455. The molecule has 2 aromatic carbocycles. The number of benzene rings is 2. The highest BCUT2D eigenvalue weighted by molar-refractivity contribution is 8.07. The van der Waals surface area contributed by atoms with Crippen molar-refractivity contribution in [1.29, 1.82) is 0 Å². The van der Waals surface area contributed by atoms with E-state index in [-0.39, 0.29) is 0 Å². The molecule has 1 unspecified atom stereocenters. The van der Waals surface area contributed by atoms with Crippen LogP contribution >= 0.6 is 23.5 Å². The van der Waals surface area contributed by atoms with Crippen LogP contribution in [0.4, 0.5) is 0 Å². The minimum Gasteiger partial charge on any atom is -0.145 e. The molecule has 1 aliphatic rings. The quantitative estimate of drug-likeness (QED) is 0.726. The van der Waals surface area contributed by atoms with E-state index in [1.54, 1.807) is 0 Å². The molecule has 0 aliphatic carbocycles. The molecule has 0 spiro atoms. The highest BCUT2D eigenvalue weighted by Crippen LogP contribution is 2.42. The summed E-state index contributed by atoms with van der Waals surface area (Å²) in [5, 5.41) is 0.455. The molecule has 0 amide bonds. The van der Waals surface area contributed by atoms with E-state index in [1.807, 2.05) is 23.5 Å². The summed E-state index contributed by atoms with van der Waals surface area (Å²) < 4.78 is 0. The van der Waals surface area contributed by atoms with Crippen molar-refractivity contribution in [2.75, 3.05) is 6.26 Å². The van der Waals surface area contributed by atoms with Gasteiger partial charge in [-0.2, -0.15) is 0 Å². The zero-order valence-corrected chi connectivity index (χ0v) is 12.5. The van der Waals surface area contributed by atoms with Gasteiger partial charge in [-0.1, -0.05) is 60.7 Å². The summed E-state index contributed by atoms with van der Waals surface area (Å²) in [5.41, 5.74) is 4.25. The summed E-state index contributed by atoms with van der Waals surface area (Å²) >= 11 is 3.86. The average Bonchev–Trinajstić information content (AvgIpc) is 2.68. The third-order valence-corrected chi connectivity index (χ3v) is 5.39. The Bertz CT molecular complexity index is 587. The molecule has 2 heteroatoms. The predicted molar refractivity (Wildman–Crippen MR) is 88.4 cm³/mol. The second-order valence-electron chi connectivity index (χ2n) is 4.53. The molecule has 0 bridgehead atoms. The Morgan fingerprint density at radius 1 is 1.00 bits per heavy atom. The Morgan fingerprint density at radius 2 is 1.74 bits per heavy atom. The van der Waals surface area contributed by atoms with Crippen LogP contribution in [0.5, 0.6) is 0 Å². The van der Waals surface area contributed by atoms with Crippen LogP contribution in [0.1, 0.15) is 21.9 Å². The normalized spacial score (nSPS) is 18.4. The lowest BCUT2D eigenvalue weighted by atomic mass is 10.1. The van der Waals surface area contributed by atoms with Gasteiger partial charge in [0.25, 0.3) is 0 Å². The Kier molecular flexibility index (Phi) is 4.00. The molecule has 0 aromatic heterocycles. The van der Waals surface area contributed by atoms with Crippen LogP contribution in [0.2, 0.25) is 0 Å². The second kappa shape index (κ2) is 5.89. The molecule has 3 rings (SSSR count). The standard InChI is InChI=1S/C17H16S2/c1-18-17-11-16(13-7-3-2-4-8-13)19-12-14-9-5-6-10-15(14)17/h2-11,16H,12H2,1H3. The van der Waals surface area contributed by atoms with E-state index in [0.717, 1.165) is 5.75 Å². The summed E-state index contributed by atoms with van der Waals surface area (Å²) in [7, 11) is 0. The molecule has 0 saturated carbocycles. The van der Waals surface area contributed by atoms with Gasteiger partial charge < -0.3 is 0 Å². The third kappa shape index (κ3) is 2.75. The fourth-order valence-electron chi connectivity index (χ4n) is 2.35. The maximum atomic E-state index is 2.41. The van der Waals surface area contributed by atoms with Crippen molar-refractivity contribution in [2.24, 2.45) is 0 Å². The zero-order chi connectivity index (χ0) is 13.1. The first-order valence-electron chi connectivity index (χ1n) is 6.39. The molecule has 96 valence electrons. The highest BCUT2D eigenvalue weighted by atomic mass is 32.2. The van der Waals surface area contributed by atoms with Crippen molar-refractivity contribution >= 4 is 28.4 Å². The Labute approximate surface area is 123 Å². The molecule has 0 radical (unpaired) electrons. The van der Waals surface area contributed by atoms with Gasteiger partial charge in [0, 0.05) is 15.9 Å². The molecule has 1 atom stereocenters. The van der Waals surface area contributed by atoms with Gasteiger partial charge >= 0.3 is 0 Å². The van der Waals surface area contributed by atoms with Gasteiger partial charge in [0.2, 0.25) is 0 Å². The fourth-order valence-corrected chi connectivity index (χ4v) is 4.32. The van der Waals surface area contributed by atoms with E-state index in [4.69, 9.17) is 0 Å². The van der Waals surface area contributed by atoms with E-state index < -0.39 is 0 Å². The number of hydrogen-bond acceptors (Lipinski definition) is 2. The third-order valence-electron chi connectivity index (χ3n) is 3.35. The second-order valence-corrected chi connectivity index (χ2v) is 6.51. The van der Waals surface area contributed by atoms with Crippen molar-refractivity contribution in [3.63, 3.8) is 0 Å². The van der Waals surface area contributed by atoms with Gasteiger partial charge in [-0.05, 0) is 22.9 Å². The van der Waals surface area contributed by atoms with Crippen LogP contribution in [0.25, 0.3) is 4.91 Å². The molecule has 0 fully saturated rings. The van der Waals surface area contributed by atoms with Crippen molar-refractivity contribution in [3.05, 3.63) is 77.4 Å². The Morgan fingerprint density at radius 3 is 2.53 bits per heavy atom. The van der Waals surface area contributed by atoms with Crippen molar-refractivity contribution in [2.45, 2.75) is 11.0 Å². The molecular formula is C17H16S2. The summed E-state index contributed by atoms with van der Waals surface area (Å²) in [4.78, 5) is 1.40. The van der Waals surface area contributed by atoms with Crippen LogP contribution in [0.3, 0.4) is 0 Å². The maximum Gasteiger partial charge on any atom is 0.0494 e. The van der Waals surface area contributed by atoms with Gasteiger partial charge in [-0.15, -0.1) is 23.5 Å². The summed E-state index contributed by atoms with van der Waals surface area (Å²) in [6, 6.07) is 19.5. The van der Waals surface area contributed by atoms with Crippen LogP contribution < -0.4 is 0 Å². The van der Waals surface area contributed by atoms with E-state index in [1.165, 1.54) is 21.6 Å². The number of rotatable bonds is 2. The molecule has 2 aromatic rings. The Hall–Kier alpha value is -1.12. The van der Waals surface area contributed by atoms with Gasteiger partial charge in [-0.25, -0.2) is 0 Å². The van der Waals surface area contributed by atoms with E-state index in [0.29, 0.717) is 5.25 Å². The number of hydrogen-bond donors (Lipinski definition) is 0. The predicted octanol–water partition coefficient (Wildman–Crippen LogP) is 5.38. The van der Waals surface area contributed by atoms with Crippen molar-refractivity contribution in [1.82, 2.24) is 0 Å². The lowest BCUT2D eigenvalue weighted by Crippen LogP contribution is -1.89. The molecule has 19 heavy (non-hydrogen) atoms. The van der Waals surface area contributed by atoms with Crippen LogP contribution in [-0.4, -0.2) is 6.26 Å². The Balaban J connectivity index is 2.01. The highest BCUT2D eigenvalue weighted by Gasteiger charge is 2.17. The number of thioether (sulfide) groups is 2. The van der Waals surface area contributed by atoms with Gasteiger partial charge in [0.1, 0.15) is 0 Å². The summed E-state index contributed by atoms with van der Waals surface area (Å²) in [6.45, 7) is 0. The molecule has 0 N–H and O–H groups in total. The monoisotopic (exact) mass is 284 g/mol. The van der Waals surface area contributed by atoms with Gasteiger partial charge in [0.05, 0.1) is 0 Å². The summed E-state index contributed by atoms with van der Waals surface area (Å²) in [5.74, 6) is 1.08. The minimum absolute atomic E-state index is 0.455. The topological polar surface area (TPSA) is 0 Å². The first-order valence-corrected chi connectivity index (χ1v) is 8.66. The number of fused-ring (bicyclic) bond motifs is 1. The van der Waals surface area contributed by atoms with Crippen LogP contribution in [-0.2, 0) is 5.75 Å². The average molecular weight is 284 g/mol.